The Labute approximate surface area is 103 Å². The monoisotopic (exact) mass is 244 g/mol. The second kappa shape index (κ2) is 7.63. The molecule has 3 unspecified atom stereocenters. The summed E-state index contributed by atoms with van der Waals surface area (Å²) >= 11 is 0. The summed E-state index contributed by atoms with van der Waals surface area (Å²) in [6, 6.07) is 0.0499. The Balaban J connectivity index is 2.39. The number of amides is 1. The van der Waals surface area contributed by atoms with Gasteiger partial charge in [-0.15, -0.1) is 0 Å². The van der Waals surface area contributed by atoms with Crippen LogP contribution in [-0.2, 0) is 9.53 Å². The Bertz CT molecular complexity index is 230. The third kappa shape index (κ3) is 5.02. The van der Waals surface area contributed by atoms with Crippen molar-refractivity contribution in [2.24, 2.45) is 11.7 Å². The molecular weight excluding hydrogens is 220 g/mol. The topological polar surface area (TPSA) is 84.6 Å². The van der Waals surface area contributed by atoms with Crippen molar-refractivity contribution >= 4 is 5.91 Å². The van der Waals surface area contributed by atoms with Crippen LogP contribution in [0.1, 0.15) is 32.1 Å². The van der Waals surface area contributed by atoms with E-state index in [9.17, 15) is 4.79 Å². The van der Waals surface area contributed by atoms with Gasteiger partial charge < -0.3 is 20.9 Å². The fraction of sp³-hybridized carbons (Fsp3) is 0.917. The van der Waals surface area contributed by atoms with Gasteiger partial charge in [0.1, 0.15) is 0 Å². The lowest BCUT2D eigenvalue weighted by atomic mass is 9.85. The van der Waals surface area contributed by atoms with E-state index in [1.807, 2.05) is 0 Å². The summed E-state index contributed by atoms with van der Waals surface area (Å²) in [5, 5.41) is 11.8. The van der Waals surface area contributed by atoms with Gasteiger partial charge in [-0.3, -0.25) is 4.79 Å². The molecule has 1 amide bonds. The van der Waals surface area contributed by atoms with Crippen LogP contribution in [-0.4, -0.2) is 43.4 Å². The number of hydrogen-bond donors (Lipinski definition) is 3. The maximum absolute atomic E-state index is 12.0. The molecule has 0 radical (unpaired) electrons. The molecule has 0 aromatic carbocycles. The first-order valence-corrected chi connectivity index (χ1v) is 6.33. The zero-order valence-electron chi connectivity index (χ0n) is 10.5. The minimum Gasteiger partial charge on any atom is -0.396 e. The SMILES string of the molecule is COCC(CCO)NC(=O)C1CCCC(N)C1. The van der Waals surface area contributed by atoms with Gasteiger partial charge in [0.15, 0.2) is 0 Å². The molecule has 0 aromatic heterocycles. The van der Waals surface area contributed by atoms with Gasteiger partial charge in [0.25, 0.3) is 0 Å². The molecule has 1 fully saturated rings. The van der Waals surface area contributed by atoms with Crippen molar-refractivity contribution < 1.29 is 14.6 Å². The first-order chi connectivity index (χ1) is 8.17. The van der Waals surface area contributed by atoms with E-state index in [1.54, 1.807) is 7.11 Å². The zero-order valence-corrected chi connectivity index (χ0v) is 10.5. The molecule has 0 aromatic rings. The lowest BCUT2D eigenvalue weighted by Gasteiger charge is -2.27. The van der Waals surface area contributed by atoms with Gasteiger partial charge in [0, 0.05) is 25.7 Å². The number of ether oxygens (including phenoxy) is 1. The standard InChI is InChI=1S/C12H24N2O3/c1-17-8-11(5-6-15)14-12(16)9-3-2-4-10(13)7-9/h9-11,15H,2-8,13H2,1H3,(H,14,16). The van der Waals surface area contributed by atoms with E-state index in [0.29, 0.717) is 13.0 Å². The van der Waals surface area contributed by atoms with Crippen molar-refractivity contribution in [1.82, 2.24) is 5.32 Å². The third-order valence-electron chi connectivity index (χ3n) is 3.28. The summed E-state index contributed by atoms with van der Waals surface area (Å²) in [6.07, 6.45) is 4.25. The maximum Gasteiger partial charge on any atom is 0.223 e. The summed E-state index contributed by atoms with van der Waals surface area (Å²) in [5.41, 5.74) is 5.87. The Kier molecular flexibility index (Phi) is 6.47. The van der Waals surface area contributed by atoms with Crippen molar-refractivity contribution in [3.63, 3.8) is 0 Å². The minimum atomic E-state index is -0.101. The molecule has 100 valence electrons. The van der Waals surface area contributed by atoms with E-state index >= 15 is 0 Å². The summed E-state index contributed by atoms with van der Waals surface area (Å²) in [5.74, 6) is 0.0763. The van der Waals surface area contributed by atoms with E-state index in [1.165, 1.54) is 0 Å². The van der Waals surface area contributed by atoms with E-state index in [0.717, 1.165) is 25.7 Å². The number of nitrogens with one attached hydrogen (secondary N) is 1. The Morgan fingerprint density at radius 1 is 1.59 bits per heavy atom. The van der Waals surface area contributed by atoms with Crippen molar-refractivity contribution in [1.29, 1.82) is 0 Å². The van der Waals surface area contributed by atoms with E-state index < -0.39 is 0 Å². The number of methoxy groups -OCH3 is 1. The Morgan fingerprint density at radius 2 is 2.35 bits per heavy atom. The molecule has 1 aliphatic rings. The van der Waals surface area contributed by atoms with Crippen LogP contribution >= 0.6 is 0 Å². The summed E-state index contributed by atoms with van der Waals surface area (Å²) < 4.78 is 5.02. The number of hydrogen-bond acceptors (Lipinski definition) is 4. The fourth-order valence-corrected chi connectivity index (χ4v) is 2.34. The number of carbonyl (C=O) groups excluding carboxylic acids is 1. The maximum atomic E-state index is 12.0. The number of nitrogens with two attached hydrogens (primary N) is 1. The summed E-state index contributed by atoms with van der Waals surface area (Å²) in [4.78, 5) is 12.0. The highest BCUT2D eigenvalue weighted by molar-refractivity contribution is 5.79. The van der Waals surface area contributed by atoms with Crippen molar-refractivity contribution in [2.75, 3.05) is 20.3 Å². The number of rotatable bonds is 6. The van der Waals surface area contributed by atoms with Crippen LogP contribution < -0.4 is 11.1 Å². The third-order valence-corrected chi connectivity index (χ3v) is 3.28. The summed E-state index contributed by atoms with van der Waals surface area (Å²) in [6.45, 7) is 0.490. The van der Waals surface area contributed by atoms with Gasteiger partial charge >= 0.3 is 0 Å². The fourth-order valence-electron chi connectivity index (χ4n) is 2.34. The number of carbonyl (C=O) groups is 1. The van der Waals surface area contributed by atoms with E-state index in [-0.39, 0.29) is 30.5 Å². The average molecular weight is 244 g/mol. The van der Waals surface area contributed by atoms with Crippen molar-refractivity contribution in [2.45, 2.75) is 44.2 Å². The molecule has 5 heteroatoms. The molecule has 0 spiro atoms. The highest BCUT2D eigenvalue weighted by Gasteiger charge is 2.26. The Hall–Kier alpha value is -0.650. The molecule has 0 saturated heterocycles. The number of aliphatic hydroxyl groups excluding tert-OH is 1. The smallest absolute Gasteiger partial charge is 0.223 e. The van der Waals surface area contributed by atoms with E-state index in [2.05, 4.69) is 5.32 Å². The van der Waals surface area contributed by atoms with Crippen LogP contribution in [0, 0.1) is 5.92 Å². The lowest BCUT2D eigenvalue weighted by Crippen LogP contribution is -2.44. The van der Waals surface area contributed by atoms with Crippen LogP contribution in [0.3, 0.4) is 0 Å². The van der Waals surface area contributed by atoms with Gasteiger partial charge in [-0.1, -0.05) is 6.42 Å². The summed E-state index contributed by atoms with van der Waals surface area (Å²) in [7, 11) is 1.59. The lowest BCUT2D eigenvalue weighted by molar-refractivity contribution is -0.127. The minimum absolute atomic E-state index is 0.0248. The van der Waals surface area contributed by atoms with Crippen LogP contribution in [0.25, 0.3) is 0 Å². The Morgan fingerprint density at radius 3 is 2.94 bits per heavy atom. The van der Waals surface area contributed by atoms with E-state index in [4.69, 9.17) is 15.6 Å². The van der Waals surface area contributed by atoms with Crippen molar-refractivity contribution in [3.05, 3.63) is 0 Å². The highest BCUT2D eigenvalue weighted by atomic mass is 16.5. The number of aliphatic hydroxyl groups is 1. The normalized spacial score (nSPS) is 26.5. The van der Waals surface area contributed by atoms with Gasteiger partial charge in [-0.2, -0.15) is 0 Å². The molecular formula is C12H24N2O3. The second-order valence-electron chi connectivity index (χ2n) is 4.80. The first kappa shape index (κ1) is 14.4. The molecule has 1 saturated carbocycles. The molecule has 0 aliphatic heterocycles. The van der Waals surface area contributed by atoms with Gasteiger partial charge in [-0.25, -0.2) is 0 Å². The predicted molar refractivity (Wildman–Crippen MR) is 65.4 cm³/mol. The molecule has 3 atom stereocenters. The molecule has 0 heterocycles. The largest absolute Gasteiger partial charge is 0.396 e. The second-order valence-corrected chi connectivity index (χ2v) is 4.80. The molecule has 0 bridgehead atoms. The van der Waals surface area contributed by atoms with Gasteiger partial charge in [0.05, 0.1) is 12.6 Å². The first-order valence-electron chi connectivity index (χ1n) is 6.33. The zero-order chi connectivity index (χ0) is 12.7. The molecule has 1 aliphatic carbocycles. The molecule has 17 heavy (non-hydrogen) atoms. The van der Waals surface area contributed by atoms with Crippen LogP contribution in [0.15, 0.2) is 0 Å². The van der Waals surface area contributed by atoms with Crippen molar-refractivity contribution in [3.8, 4) is 0 Å². The van der Waals surface area contributed by atoms with Gasteiger partial charge in [0.2, 0.25) is 5.91 Å². The van der Waals surface area contributed by atoms with Crippen LogP contribution in [0.5, 0.6) is 0 Å². The molecule has 1 rings (SSSR count). The molecule has 4 N–H and O–H groups in total. The predicted octanol–water partition coefficient (Wildman–Crippen LogP) is 0.0175. The van der Waals surface area contributed by atoms with Gasteiger partial charge in [-0.05, 0) is 25.7 Å². The average Bonchev–Trinajstić information content (AvgIpc) is 2.29. The highest BCUT2D eigenvalue weighted by Crippen LogP contribution is 2.23. The quantitative estimate of drug-likeness (QED) is 0.615. The van der Waals surface area contributed by atoms with Crippen LogP contribution in [0.4, 0.5) is 0 Å². The molecule has 5 nitrogen and oxygen atoms in total. The van der Waals surface area contributed by atoms with Crippen LogP contribution in [0.2, 0.25) is 0 Å².